The van der Waals surface area contributed by atoms with Gasteiger partial charge in [-0.25, -0.2) is 4.79 Å². The Morgan fingerprint density at radius 3 is 2.33 bits per heavy atom. The fraction of sp³-hybridized carbons (Fsp3) is 0.812. The normalized spacial score (nSPS) is 30.8. The van der Waals surface area contributed by atoms with E-state index in [1.807, 2.05) is 13.8 Å². The number of imide groups is 2. The van der Waals surface area contributed by atoms with Crippen LogP contribution in [0.15, 0.2) is 0 Å². The maximum absolute atomic E-state index is 12.4. The SMILES string of the molecule is CC1CCC(CCN2C(=O)NC(=O)C(C(C)C)C2=O)CC1. The van der Waals surface area contributed by atoms with Crippen molar-refractivity contribution in [1.29, 1.82) is 0 Å². The van der Waals surface area contributed by atoms with Gasteiger partial charge < -0.3 is 0 Å². The molecule has 0 aromatic carbocycles. The molecule has 1 N–H and O–H groups in total. The van der Waals surface area contributed by atoms with Crippen LogP contribution in [0.3, 0.4) is 0 Å². The lowest BCUT2D eigenvalue weighted by atomic mass is 9.81. The molecule has 21 heavy (non-hydrogen) atoms. The molecule has 0 aromatic rings. The Morgan fingerprint density at radius 1 is 1.14 bits per heavy atom. The summed E-state index contributed by atoms with van der Waals surface area (Å²) in [5.41, 5.74) is 0. The minimum absolute atomic E-state index is 0.0939. The lowest BCUT2D eigenvalue weighted by Crippen LogP contribution is -2.59. The summed E-state index contributed by atoms with van der Waals surface area (Å²) in [7, 11) is 0. The molecule has 5 nitrogen and oxygen atoms in total. The Morgan fingerprint density at radius 2 is 1.76 bits per heavy atom. The highest BCUT2D eigenvalue weighted by atomic mass is 16.2. The van der Waals surface area contributed by atoms with Gasteiger partial charge in [0.1, 0.15) is 5.92 Å². The first-order valence-electron chi connectivity index (χ1n) is 8.06. The van der Waals surface area contributed by atoms with Gasteiger partial charge in [0.15, 0.2) is 0 Å². The second-order valence-corrected chi connectivity index (χ2v) is 6.92. The quantitative estimate of drug-likeness (QED) is 0.810. The molecular formula is C16H26N2O3. The highest BCUT2D eigenvalue weighted by Crippen LogP contribution is 2.31. The maximum atomic E-state index is 12.4. The van der Waals surface area contributed by atoms with Crippen LogP contribution < -0.4 is 5.32 Å². The summed E-state index contributed by atoms with van der Waals surface area (Å²) >= 11 is 0. The van der Waals surface area contributed by atoms with Crippen LogP contribution >= 0.6 is 0 Å². The van der Waals surface area contributed by atoms with E-state index in [0.717, 1.165) is 12.3 Å². The lowest BCUT2D eigenvalue weighted by Gasteiger charge is -2.33. The van der Waals surface area contributed by atoms with E-state index in [2.05, 4.69) is 12.2 Å². The molecule has 1 saturated carbocycles. The van der Waals surface area contributed by atoms with Crippen LogP contribution in [0, 0.1) is 23.7 Å². The zero-order valence-electron chi connectivity index (χ0n) is 13.2. The molecule has 2 rings (SSSR count). The highest BCUT2D eigenvalue weighted by Gasteiger charge is 2.41. The van der Waals surface area contributed by atoms with Gasteiger partial charge in [-0.2, -0.15) is 0 Å². The molecule has 0 bridgehead atoms. The molecule has 2 aliphatic rings. The van der Waals surface area contributed by atoms with E-state index >= 15 is 0 Å². The van der Waals surface area contributed by atoms with Crippen LogP contribution in [0.1, 0.15) is 52.9 Å². The number of carbonyl (C=O) groups is 3. The second kappa shape index (κ2) is 6.58. The van der Waals surface area contributed by atoms with Gasteiger partial charge in [0.2, 0.25) is 11.8 Å². The van der Waals surface area contributed by atoms with Gasteiger partial charge in [0.05, 0.1) is 0 Å². The van der Waals surface area contributed by atoms with Gasteiger partial charge in [0, 0.05) is 6.54 Å². The number of hydrogen-bond acceptors (Lipinski definition) is 3. The first-order chi connectivity index (χ1) is 9.90. The summed E-state index contributed by atoms with van der Waals surface area (Å²) in [4.78, 5) is 37.2. The fourth-order valence-electron chi connectivity index (χ4n) is 3.36. The van der Waals surface area contributed by atoms with Gasteiger partial charge in [-0.1, -0.05) is 46.5 Å². The van der Waals surface area contributed by atoms with Gasteiger partial charge in [-0.05, 0) is 24.2 Å². The Bertz CT molecular complexity index is 425. The first-order valence-corrected chi connectivity index (χ1v) is 8.06. The molecule has 1 saturated heterocycles. The smallest absolute Gasteiger partial charge is 0.277 e. The monoisotopic (exact) mass is 294 g/mol. The highest BCUT2D eigenvalue weighted by molar-refractivity contribution is 6.16. The van der Waals surface area contributed by atoms with E-state index in [-0.39, 0.29) is 11.8 Å². The Labute approximate surface area is 126 Å². The summed E-state index contributed by atoms with van der Waals surface area (Å²) in [6.07, 6.45) is 5.68. The molecule has 1 atom stereocenters. The Balaban J connectivity index is 1.93. The second-order valence-electron chi connectivity index (χ2n) is 6.92. The Hall–Kier alpha value is -1.39. The van der Waals surface area contributed by atoms with Gasteiger partial charge >= 0.3 is 6.03 Å². The third-order valence-corrected chi connectivity index (χ3v) is 4.85. The van der Waals surface area contributed by atoms with Crippen molar-refractivity contribution in [3.05, 3.63) is 0 Å². The average Bonchev–Trinajstić information content (AvgIpc) is 2.39. The summed E-state index contributed by atoms with van der Waals surface area (Å²) in [5, 5.41) is 2.31. The van der Waals surface area contributed by atoms with Crippen molar-refractivity contribution in [2.75, 3.05) is 6.54 Å². The molecule has 1 aliphatic heterocycles. The molecule has 0 radical (unpaired) electrons. The standard InChI is InChI=1S/C16H26N2O3/c1-10(2)13-14(19)17-16(21)18(15(13)20)9-8-12-6-4-11(3)5-7-12/h10-13H,4-9H2,1-3H3,(H,17,19,21). The number of barbiturate groups is 1. The molecule has 1 unspecified atom stereocenters. The number of carbonyl (C=O) groups excluding carboxylic acids is 3. The molecule has 1 aliphatic carbocycles. The number of amides is 4. The van der Waals surface area contributed by atoms with Crippen LogP contribution in [-0.2, 0) is 9.59 Å². The van der Waals surface area contributed by atoms with Crippen molar-refractivity contribution in [1.82, 2.24) is 10.2 Å². The number of nitrogens with one attached hydrogen (secondary N) is 1. The number of rotatable bonds is 4. The van der Waals surface area contributed by atoms with Crippen molar-refractivity contribution >= 4 is 17.8 Å². The van der Waals surface area contributed by atoms with Gasteiger partial charge in [-0.15, -0.1) is 0 Å². The number of nitrogens with zero attached hydrogens (tertiary/aromatic N) is 1. The molecule has 4 amide bonds. The van der Waals surface area contributed by atoms with E-state index in [1.165, 1.54) is 30.6 Å². The molecule has 1 heterocycles. The Kier molecular flexibility index (Phi) is 5.01. The first kappa shape index (κ1) is 16.0. The zero-order valence-corrected chi connectivity index (χ0v) is 13.2. The fourth-order valence-corrected chi connectivity index (χ4v) is 3.36. The van der Waals surface area contributed by atoms with E-state index in [9.17, 15) is 14.4 Å². The van der Waals surface area contributed by atoms with E-state index in [0.29, 0.717) is 12.5 Å². The van der Waals surface area contributed by atoms with Crippen LogP contribution in [0.5, 0.6) is 0 Å². The van der Waals surface area contributed by atoms with Crippen LogP contribution in [0.25, 0.3) is 0 Å². The molecule has 0 spiro atoms. The van der Waals surface area contributed by atoms with Gasteiger partial charge in [-0.3, -0.25) is 19.8 Å². The van der Waals surface area contributed by atoms with Crippen molar-refractivity contribution in [2.45, 2.75) is 52.9 Å². The third-order valence-electron chi connectivity index (χ3n) is 4.85. The van der Waals surface area contributed by atoms with Crippen LogP contribution in [0.4, 0.5) is 4.79 Å². The van der Waals surface area contributed by atoms with E-state index in [1.54, 1.807) is 0 Å². The average molecular weight is 294 g/mol. The predicted octanol–water partition coefficient (Wildman–Crippen LogP) is 2.55. The minimum Gasteiger partial charge on any atom is -0.277 e. The largest absolute Gasteiger partial charge is 0.330 e. The van der Waals surface area contributed by atoms with Crippen molar-refractivity contribution < 1.29 is 14.4 Å². The summed E-state index contributed by atoms with van der Waals surface area (Å²) in [6, 6.07) is -0.550. The van der Waals surface area contributed by atoms with Crippen LogP contribution in [-0.4, -0.2) is 29.3 Å². The minimum atomic E-state index is -0.728. The predicted molar refractivity (Wildman–Crippen MR) is 79.3 cm³/mol. The summed E-state index contributed by atoms with van der Waals surface area (Å²) in [5.74, 6) is -0.218. The zero-order chi connectivity index (χ0) is 15.6. The lowest BCUT2D eigenvalue weighted by molar-refractivity contribution is -0.144. The van der Waals surface area contributed by atoms with Crippen LogP contribution in [0.2, 0.25) is 0 Å². The summed E-state index contributed by atoms with van der Waals surface area (Å²) < 4.78 is 0. The van der Waals surface area contributed by atoms with Crippen molar-refractivity contribution in [2.24, 2.45) is 23.7 Å². The summed E-state index contributed by atoms with van der Waals surface area (Å²) in [6.45, 7) is 6.37. The number of hydrogen-bond donors (Lipinski definition) is 1. The maximum Gasteiger partial charge on any atom is 0.330 e. The molecule has 0 aromatic heterocycles. The van der Waals surface area contributed by atoms with Crippen molar-refractivity contribution in [3.63, 3.8) is 0 Å². The number of urea groups is 1. The molecule has 118 valence electrons. The van der Waals surface area contributed by atoms with E-state index < -0.39 is 17.9 Å². The third kappa shape index (κ3) is 3.63. The topological polar surface area (TPSA) is 66.5 Å². The van der Waals surface area contributed by atoms with E-state index in [4.69, 9.17) is 0 Å². The molecule has 5 heteroatoms. The van der Waals surface area contributed by atoms with Crippen molar-refractivity contribution in [3.8, 4) is 0 Å². The molecular weight excluding hydrogens is 268 g/mol. The molecule has 2 fully saturated rings. The van der Waals surface area contributed by atoms with Gasteiger partial charge in [0.25, 0.3) is 0 Å².